The van der Waals surface area contributed by atoms with Gasteiger partial charge in [0.25, 0.3) is 0 Å². The van der Waals surface area contributed by atoms with Gasteiger partial charge in [-0.15, -0.1) is 0 Å². The second-order valence-electron chi connectivity index (χ2n) is 3.82. The minimum Gasteiger partial charge on any atom is -0.480 e. The smallest absolute Gasteiger partial charge is 0.321 e. The zero-order valence-electron chi connectivity index (χ0n) is 9.56. The summed E-state index contributed by atoms with van der Waals surface area (Å²) in [7, 11) is -3.99. The number of sulfone groups is 1. The third-order valence-electron chi connectivity index (χ3n) is 2.37. The summed E-state index contributed by atoms with van der Waals surface area (Å²) in [5.74, 6) is -3.96. The zero-order valence-corrected chi connectivity index (χ0v) is 10.4. The fourth-order valence-electron chi connectivity index (χ4n) is 1.61. The Labute approximate surface area is 103 Å². The summed E-state index contributed by atoms with van der Waals surface area (Å²) in [5.41, 5.74) is -0.104. The topological polar surface area (TPSA) is 71.4 Å². The van der Waals surface area contributed by atoms with Gasteiger partial charge < -0.3 is 5.11 Å². The minimum absolute atomic E-state index is 0.102. The van der Waals surface area contributed by atoms with Crippen LogP contribution < -0.4 is 0 Å². The molecule has 7 heteroatoms. The lowest BCUT2D eigenvalue weighted by Gasteiger charge is -2.11. The van der Waals surface area contributed by atoms with Crippen molar-refractivity contribution in [1.82, 2.24) is 0 Å². The molecule has 0 aliphatic heterocycles. The second-order valence-corrected chi connectivity index (χ2v) is 6.00. The summed E-state index contributed by atoms with van der Waals surface area (Å²) in [4.78, 5) is 10.8. The van der Waals surface area contributed by atoms with Gasteiger partial charge >= 0.3 is 5.97 Å². The van der Waals surface area contributed by atoms with Gasteiger partial charge in [0.2, 0.25) is 0 Å². The van der Waals surface area contributed by atoms with Crippen molar-refractivity contribution >= 4 is 15.8 Å². The van der Waals surface area contributed by atoms with Crippen LogP contribution in [0.15, 0.2) is 18.2 Å². The zero-order chi connectivity index (χ0) is 13.9. The molecule has 0 aromatic heterocycles. The number of hydrogen-bond donors (Lipinski definition) is 1. The van der Waals surface area contributed by atoms with Crippen molar-refractivity contribution in [2.75, 3.05) is 0 Å². The number of carboxylic acid groups (broad SMARTS) is 1. The highest BCUT2D eigenvalue weighted by Crippen LogP contribution is 2.16. The first-order valence-corrected chi connectivity index (χ1v) is 6.87. The molecular formula is C11H12F2O4S. The van der Waals surface area contributed by atoms with Crippen LogP contribution in [0.2, 0.25) is 0 Å². The maximum absolute atomic E-state index is 12.9. The lowest BCUT2D eigenvalue weighted by molar-refractivity contribution is -0.136. The van der Waals surface area contributed by atoms with Crippen LogP contribution in [-0.2, 0) is 20.4 Å². The number of carboxylic acids is 1. The van der Waals surface area contributed by atoms with Crippen LogP contribution in [0.4, 0.5) is 8.78 Å². The molecule has 1 aromatic carbocycles. The van der Waals surface area contributed by atoms with E-state index >= 15 is 0 Å². The molecule has 1 atom stereocenters. The van der Waals surface area contributed by atoms with Gasteiger partial charge in [0, 0.05) is 6.07 Å². The van der Waals surface area contributed by atoms with Crippen molar-refractivity contribution < 1.29 is 27.1 Å². The van der Waals surface area contributed by atoms with E-state index in [-0.39, 0.29) is 12.0 Å². The van der Waals surface area contributed by atoms with Crippen LogP contribution in [0.25, 0.3) is 0 Å². The molecule has 1 aromatic rings. The number of benzene rings is 1. The Morgan fingerprint density at radius 1 is 1.28 bits per heavy atom. The minimum atomic E-state index is -3.99. The maximum Gasteiger partial charge on any atom is 0.321 e. The van der Waals surface area contributed by atoms with E-state index in [1.807, 2.05) is 0 Å². The molecule has 18 heavy (non-hydrogen) atoms. The molecule has 4 nitrogen and oxygen atoms in total. The fourth-order valence-corrected chi connectivity index (χ4v) is 3.26. The van der Waals surface area contributed by atoms with Crippen LogP contribution in [0, 0.1) is 11.6 Å². The van der Waals surface area contributed by atoms with E-state index in [9.17, 15) is 22.0 Å². The Morgan fingerprint density at radius 2 is 1.78 bits per heavy atom. The first-order chi connectivity index (χ1) is 8.26. The van der Waals surface area contributed by atoms with E-state index in [0.29, 0.717) is 6.07 Å². The van der Waals surface area contributed by atoms with Crippen molar-refractivity contribution in [3.8, 4) is 0 Å². The number of hydrogen-bond acceptors (Lipinski definition) is 3. The molecule has 0 aliphatic carbocycles. The van der Waals surface area contributed by atoms with Gasteiger partial charge in [-0.2, -0.15) is 0 Å². The Kier molecular flexibility index (Phi) is 4.39. The highest BCUT2D eigenvalue weighted by Gasteiger charge is 2.30. The Morgan fingerprint density at radius 3 is 2.17 bits per heavy atom. The van der Waals surface area contributed by atoms with Gasteiger partial charge in [-0.1, -0.05) is 6.92 Å². The number of rotatable bonds is 5. The monoisotopic (exact) mass is 278 g/mol. The van der Waals surface area contributed by atoms with Crippen LogP contribution in [-0.4, -0.2) is 24.7 Å². The quantitative estimate of drug-likeness (QED) is 0.890. The number of halogens is 2. The lowest BCUT2D eigenvalue weighted by Crippen LogP contribution is -2.30. The van der Waals surface area contributed by atoms with Crippen LogP contribution in [0.5, 0.6) is 0 Å². The first kappa shape index (κ1) is 14.6. The standard InChI is InChI=1S/C11H12F2O4S/c1-2-10(11(14)15)18(16,17)6-7-3-8(12)5-9(13)4-7/h3-5,10H,2,6H2,1H3,(H,14,15). The Bertz CT molecular complexity index is 534. The first-order valence-electron chi connectivity index (χ1n) is 5.15. The van der Waals surface area contributed by atoms with E-state index in [1.165, 1.54) is 6.92 Å². The van der Waals surface area contributed by atoms with Crippen molar-refractivity contribution in [2.24, 2.45) is 0 Å². The van der Waals surface area contributed by atoms with Gasteiger partial charge in [-0.3, -0.25) is 4.79 Å². The summed E-state index contributed by atoms with van der Waals surface area (Å²) in [6.45, 7) is 1.42. The van der Waals surface area contributed by atoms with Crippen molar-refractivity contribution in [3.05, 3.63) is 35.4 Å². The number of carbonyl (C=O) groups is 1. The Balaban J connectivity index is 3.05. The fraction of sp³-hybridized carbons (Fsp3) is 0.364. The molecule has 0 saturated heterocycles. The second kappa shape index (κ2) is 5.43. The van der Waals surface area contributed by atoms with Crippen molar-refractivity contribution in [2.45, 2.75) is 24.3 Å². The summed E-state index contributed by atoms with van der Waals surface area (Å²) < 4.78 is 49.3. The SMILES string of the molecule is CCC(C(=O)O)S(=O)(=O)Cc1cc(F)cc(F)c1. The molecule has 0 bridgehead atoms. The van der Waals surface area contributed by atoms with Gasteiger partial charge in [-0.05, 0) is 24.1 Å². The van der Waals surface area contributed by atoms with E-state index in [1.54, 1.807) is 0 Å². The maximum atomic E-state index is 12.9. The van der Waals surface area contributed by atoms with E-state index in [0.717, 1.165) is 12.1 Å². The summed E-state index contributed by atoms with van der Waals surface area (Å²) in [6, 6.07) is 2.36. The normalized spacial score (nSPS) is 13.3. The van der Waals surface area contributed by atoms with Crippen LogP contribution >= 0.6 is 0 Å². The molecule has 0 aliphatic rings. The summed E-state index contributed by atoms with van der Waals surface area (Å²) >= 11 is 0. The molecule has 0 spiro atoms. The predicted molar refractivity (Wildman–Crippen MR) is 60.7 cm³/mol. The summed E-state index contributed by atoms with van der Waals surface area (Å²) in [5, 5.41) is 7.20. The van der Waals surface area contributed by atoms with Gasteiger partial charge in [-0.25, -0.2) is 17.2 Å². The van der Waals surface area contributed by atoms with E-state index in [2.05, 4.69) is 0 Å². The third-order valence-corrected chi connectivity index (χ3v) is 4.51. The molecule has 0 saturated carbocycles. The third kappa shape index (κ3) is 3.49. The van der Waals surface area contributed by atoms with Gasteiger partial charge in [0.1, 0.15) is 11.6 Å². The van der Waals surface area contributed by atoms with E-state index in [4.69, 9.17) is 5.11 Å². The molecule has 1 unspecified atom stereocenters. The lowest BCUT2D eigenvalue weighted by atomic mass is 10.2. The Hall–Kier alpha value is -1.50. The molecule has 0 amide bonds. The highest BCUT2D eigenvalue weighted by molar-refractivity contribution is 7.92. The molecule has 0 fully saturated rings. The molecule has 0 heterocycles. The molecule has 0 radical (unpaired) electrons. The van der Waals surface area contributed by atoms with Crippen LogP contribution in [0.1, 0.15) is 18.9 Å². The van der Waals surface area contributed by atoms with Gasteiger partial charge in [0.15, 0.2) is 15.1 Å². The largest absolute Gasteiger partial charge is 0.480 e. The average molecular weight is 278 g/mol. The molecule has 1 rings (SSSR count). The van der Waals surface area contributed by atoms with E-state index < -0.39 is 38.4 Å². The highest BCUT2D eigenvalue weighted by atomic mass is 32.2. The molecule has 100 valence electrons. The molecule has 1 N–H and O–H groups in total. The summed E-state index contributed by atoms with van der Waals surface area (Å²) in [6.07, 6.45) is -0.102. The van der Waals surface area contributed by atoms with Crippen LogP contribution in [0.3, 0.4) is 0 Å². The molecular weight excluding hydrogens is 266 g/mol. The van der Waals surface area contributed by atoms with Gasteiger partial charge in [0.05, 0.1) is 5.75 Å². The predicted octanol–water partition coefficient (Wildman–Crippen LogP) is 1.74. The average Bonchev–Trinajstić information content (AvgIpc) is 2.13. The number of aliphatic carboxylic acids is 1. The van der Waals surface area contributed by atoms with Crippen molar-refractivity contribution in [1.29, 1.82) is 0 Å². The van der Waals surface area contributed by atoms with Crippen molar-refractivity contribution in [3.63, 3.8) is 0 Å².